The van der Waals surface area contributed by atoms with Gasteiger partial charge in [0.25, 0.3) is 0 Å². The summed E-state index contributed by atoms with van der Waals surface area (Å²) < 4.78 is 4.68. The van der Waals surface area contributed by atoms with Gasteiger partial charge in [-0.05, 0) is 31.5 Å². The Balaban J connectivity index is 3.18. The third kappa shape index (κ3) is 2.21. The van der Waals surface area contributed by atoms with E-state index in [1.807, 2.05) is 0 Å². The Labute approximate surface area is 93.9 Å². The van der Waals surface area contributed by atoms with Crippen molar-refractivity contribution in [2.75, 3.05) is 7.11 Å². The van der Waals surface area contributed by atoms with Crippen molar-refractivity contribution >= 4 is 11.9 Å². The lowest BCUT2D eigenvalue weighted by Gasteiger charge is -2.22. The Bertz CT molecular complexity index is 421. The van der Waals surface area contributed by atoms with E-state index < -0.39 is 17.4 Å². The number of esters is 1. The number of carboxylic acids is 1. The number of hydrogen-bond acceptors (Lipinski definition) is 3. The van der Waals surface area contributed by atoms with Crippen molar-refractivity contribution in [3.05, 3.63) is 35.4 Å². The van der Waals surface area contributed by atoms with Crippen LogP contribution >= 0.6 is 0 Å². The summed E-state index contributed by atoms with van der Waals surface area (Å²) in [6.07, 6.45) is 0. The first-order valence-corrected chi connectivity index (χ1v) is 4.82. The smallest absolute Gasteiger partial charge is 0.335 e. The van der Waals surface area contributed by atoms with E-state index in [9.17, 15) is 9.59 Å². The standard InChI is InChI=1S/C12H14O4/c1-12(2,11(15)16-3)9-6-4-5-8(7-9)10(13)14/h4-7H,1-3H3,(H,13,14). The van der Waals surface area contributed by atoms with Gasteiger partial charge in [0, 0.05) is 0 Å². The SMILES string of the molecule is COC(=O)C(C)(C)c1cccc(C(=O)O)c1. The number of carbonyl (C=O) groups is 2. The average Bonchev–Trinajstić information content (AvgIpc) is 2.28. The van der Waals surface area contributed by atoms with Crippen LogP contribution in [0.4, 0.5) is 0 Å². The van der Waals surface area contributed by atoms with Crippen LogP contribution in [-0.2, 0) is 14.9 Å². The average molecular weight is 222 g/mol. The third-order valence-corrected chi connectivity index (χ3v) is 2.53. The molecule has 0 radical (unpaired) electrons. The summed E-state index contributed by atoms with van der Waals surface area (Å²) in [6, 6.07) is 6.30. The molecule has 0 aliphatic heterocycles. The topological polar surface area (TPSA) is 63.6 Å². The van der Waals surface area contributed by atoms with E-state index in [0.29, 0.717) is 5.56 Å². The first-order valence-electron chi connectivity index (χ1n) is 4.82. The van der Waals surface area contributed by atoms with Gasteiger partial charge in [0.05, 0.1) is 18.1 Å². The predicted octanol–water partition coefficient (Wildman–Crippen LogP) is 1.84. The van der Waals surface area contributed by atoms with Crippen molar-refractivity contribution in [3.8, 4) is 0 Å². The molecule has 86 valence electrons. The molecule has 0 spiro atoms. The maximum Gasteiger partial charge on any atom is 0.335 e. The Hall–Kier alpha value is -1.84. The molecule has 0 heterocycles. The fourth-order valence-corrected chi connectivity index (χ4v) is 1.41. The molecule has 1 aromatic rings. The number of benzene rings is 1. The van der Waals surface area contributed by atoms with Gasteiger partial charge in [0.1, 0.15) is 0 Å². The van der Waals surface area contributed by atoms with Gasteiger partial charge in [-0.15, -0.1) is 0 Å². The van der Waals surface area contributed by atoms with Gasteiger partial charge < -0.3 is 9.84 Å². The van der Waals surface area contributed by atoms with Gasteiger partial charge in [-0.3, -0.25) is 4.79 Å². The van der Waals surface area contributed by atoms with Crippen LogP contribution in [-0.4, -0.2) is 24.2 Å². The van der Waals surface area contributed by atoms with E-state index >= 15 is 0 Å². The first kappa shape index (κ1) is 12.2. The molecule has 1 rings (SSSR count). The molecule has 0 aliphatic carbocycles. The van der Waals surface area contributed by atoms with E-state index in [2.05, 4.69) is 4.74 Å². The van der Waals surface area contributed by atoms with Gasteiger partial charge in [0.2, 0.25) is 0 Å². The largest absolute Gasteiger partial charge is 0.478 e. The van der Waals surface area contributed by atoms with E-state index in [1.165, 1.54) is 19.2 Å². The second-order valence-corrected chi connectivity index (χ2v) is 4.00. The van der Waals surface area contributed by atoms with Crippen molar-refractivity contribution in [1.82, 2.24) is 0 Å². The van der Waals surface area contributed by atoms with E-state index in [1.54, 1.807) is 26.0 Å². The Morgan fingerprint density at radius 3 is 2.44 bits per heavy atom. The minimum Gasteiger partial charge on any atom is -0.478 e. The highest BCUT2D eigenvalue weighted by molar-refractivity contribution is 5.89. The van der Waals surface area contributed by atoms with Gasteiger partial charge >= 0.3 is 11.9 Å². The first-order chi connectivity index (χ1) is 7.39. The van der Waals surface area contributed by atoms with Gasteiger partial charge in [0.15, 0.2) is 0 Å². The molecule has 1 aromatic carbocycles. The summed E-state index contributed by atoms with van der Waals surface area (Å²) in [6.45, 7) is 3.39. The summed E-state index contributed by atoms with van der Waals surface area (Å²) >= 11 is 0. The fourth-order valence-electron chi connectivity index (χ4n) is 1.41. The van der Waals surface area contributed by atoms with Crippen LogP contribution < -0.4 is 0 Å². The molecule has 0 aliphatic rings. The second kappa shape index (κ2) is 4.35. The molecule has 0 saturated carbocycles. The molecule has 4 nitrogen and oxygen atoms in total. The molecule has 0 unspecified atom stereocenters. The highest BCUT2D eigenvalue weighted by Crippen LogP contribution is 2.25. The van der Waals surface area contributed by atoms with Gasteiger partial charge in [-0.25, -0.2) is 4.79 Å². The van der Waals surface area contributed by atoms with Gasteiger partial charge in [-0.1, -0.05) is 12.1 Å². The highest BCUT2D eigenvalue weighted by Gasteiger charge is 2.31. The molecule has 4 heteroatoms. The molecule has 0 saturated heterocycles. The summed E-state index contributed by atoms with van der Waals surface area (Å²) in [7, 11) is 1.31. The summed E-state index contributed by atoms with van der Waals surface area (Å²) in [5, 5.41) is 8.85. The van der Waals surface area contributed by atoms with Crippen LogP contribution in [0.25, 0.3) is 0 Å². The number of aromatic carboxylic acids is 1. The lowest BCUT2D eigenvalue weighted by atomic mass is 9.84. The fraction of sp³-hybridized carbons (Fsp3) is 0.333. The Morgan fingerprint density at radius 1 is 1.31 bits per heavy atom. The summed E-state index contributed by atoms with van der Waals surface area (Å²) in [5.41, 5.74) is -0.0612. The maximum absolute atomic E-state index is 11.5. The molecule has 0 bridgehead atoms. The molecular weight excluding hydrogens is 208 g/mol. The van der Waals surface area contributed by atoms with Crippen molar-refractivity contribution in [1.29, 1.82) is 0 Å². The molecule has 16 heavy (non-hydrogen) atoms. The highest BCUT2D eigenvalue weighted by atomic mass is 16.5. The zero-order valence-electron chi connectivity index (χ0n) is 9.48. The third-order valence-electron chi connectivity index (χ3n) is 2.53. The van der Waals surface area contributed by atoms with Crippen LogP contribution in [0, 0.1) is 0 Å². The van der Waals surface area contributed by atoms with Crippen LogP contribution in [0.2, 0.25) is 0 Å². The number of methoxy groups -OCH3 is 1. The molecule has 1 N–H and O–H groups in total. The van der Waals surface area contributed by atoms with Crippen LogP contribution in [0.15, 0.2) is 24.3 Å². The van der Waals surface area contributed by atoms with Crippen molar-refractivity contribution < 1.29 is 19.4 Å². The zero-order valence-corrected chi connectivity index (χ0v) is 9.48. The summed E-state index contributed by atoms with van der Waals surface area (Å²) in [4.78, 5) is 22.3. The van der Waals surface area contributed by atoms with E-state index in [4.69, 9.17) is 5.11 Å². The normalized spacial score (nSPS) is 10.9. The number of carbonyl (C=O) groups excluding carboxylic acids is 1. The number of rotatable bonds is 3. The number of ether oxygens (including phenoxy) is 1. The number of carboxylic acid groups (broad SMARTS) is 1. The predicted molar refractivity (Wildman–Crippen MR) is 58.4 cm³/mol. The minimum atomic E-state index is -1.01. The van der Waals surface area contributed by atoms with Crippen molar-refractivity contribution in [2.24, 2.45) is 0 Å². The Morgan fingerprint density at radius 2 is 1.94 bits per heavy atom. The van der Waals surface area contributed by atoms with Crippen molar-refractivity contribution in [2.45, 2.75) is 19.3 Å². The quantitative estimate of drug-likeness (QED) is 0.792. The molecular formula is C12H14O4. The van der Waals surface area contributed by atoms with Crippen LogP contribution in [0.5, 0.6) is 0 Å². The molecule has 0 aromatic heterocycles. The van der Waals surface area contributed by atoms with E-state index in [0.717, 1.165) is 0 Å². The van der Waals surface area contributed by atoms with Crippen LogP contribution in [0.3, 0.4) is 0 Å². The van der Waals surface area contributed by atoms with Crippen molar-refractivity contribution in [3.63, 3.8) is 0 Å². The van der Waals surface area contributed by atoms with Gasteiger partial charge in [-0.2, -0.15) is 0 Å². The monoisotopic (exact) mass is 222 g/mol. The number of hydrogen-bond donors (Lipinski definition) is 1. The lowest BCUT2D eigenvalue weighted by Crippen LogP contribution is -2.30. The molecule has 0 amide bonds. The summed E-state index contributed by atoms with van der Waals surface area (Å²) in [5.74, 6) is -1.41. The zero-order chi connectivity index (χ0) is 12.3. The molecule has 0 atom stereocenters. The van der Waals surface area contributed by atoms with Crippen LogP contribution in [0.1, 0.15) is 29.8 Å². The van der Waals surface area contributed by atoms with E-state index in [-0.39, 0.29) is 5.56 Å². The minimum absolute atomic E-state index is 0.162. The Kier molecular flexibility index (Phi) is 3.32. The second-order valence-electron chi connectivity index (χ2n) is 4.00. The maximum atomic E-state index is 11.5. The lowest BCUT2D eigenvalue weighted by molar-refractivity contribution is -0.146. The molecule has 0 fully saturated rings.